The predicted molar refractivity (Wildman–Crippen MR) is 107 cm³/mol. The molecule has 11 nitrogen and oxygen atoms in total. The Balaban J connectivity index is 2.01. The first-order valence-corrected chi connectivity index (χ1v) is 10.1. The molecule has 0 spiro atoms. The van der Waals surface area contributed by atoms with Gasteiger partial charge in [-0.25, -0.2) is 13.4 Å². The average molecular weight is 417 g/mol. The van der Waals surface area contributed by atoms with Crippen molar-refractivity contribution in [2.75, 3.05) is 22.9 Å². The van der Waals surface area contributed by atoms with E-state index in [0.29, 0.717) is 17.1 Å². The summed E-state index contributed by atoms with van der Waals surface area (Å²) in [5.41, 5.74) is 6.80. The molecule has 3 rings (SSSR count). The van der Waals surface area contributed by atoms with Gasteiger partial charge < -0.3 is 15.8 Å². The summed E-state index contributed by atoms with van der Waals surface area (Å²) in [4.78, 5) is 20.1. The number of aromatic nitrogens is 4. The van der Waals surface area contributed by atoms with E-state index < -0.39 is 15.9 Å². The number of hydrogen-bond acceptors (Lipinski definition) is 8. The summed E-state index contributed by atoms with van der Waals surface area (Å²) in [6, 6.07) is 4.71. The molecule has 1 aromatic carbocycles. The molecule has 0 atom stereocenters. The Morgan fingerprint density at radius 3 is 2.72 bits per heavy atom. The molecule has 0 bridgehead atoms. The van der Waals surface area contributed by atoms with Gasteiger partial charge in [-0.3, -0.25) is 19.6 Å². The summed E-state index contributed by atoms with van der Waals surface area (Å²) in [6.07, 6.45) is 4.47. The van der Waals surface area contributed by atoms with Crippen molar-refractivity contribution in [2.45, 2.75) is 6.92 Å². The first-order chi connectivity index (χ1) is 13.8. The average Bonchev–Trinajstić information content (AvgIpc) is 3.12. The number of methoxy groups -OCH3 is 1. The van der Waals surface area contributed by atoms with E-state index in [1.54, 1.807) is 12.1 Å². The number of carbonyl (C=O) groups is 1. The van der Waals surface area contributed by atoms with Crippen LogP contribution < -0.4 is 20.5 Å². The molecule has 0 radical (unpaired) electrons. The minimum Gasteiger partial charge on any atom is -0.495 e. The molecule has 0 aliphatic carbocycles. The molecule has 5 N–H and O–H groups in total. The lowest BCUT2D eigenvalue weighted by Gasteiger charge is -2.12. The van der Waals surface area contributed by atoms with Crippen LogP contribution in [0.15, 0.2) is 36.8 Å². The highest BCUT2D eigenvalue weighted by Crippen LogP contribution is 2.34. The number of nitrogens with two attached hydrogens (primary N) is 1. The van der Waals surface area contributed by atoms with E-state index in [4.69, 9.17) is 10.5 Å². The fourth-order valence-electron chi connectivity index (χ4n) is 2.54. The Morgan fingerprint density at radius 2 is 2.10 bits per heavy atom. The van der Waals surface area contributed by atoms with E-state index in [1.165, 1.54) is 38.7 Å². The van der Waals surface area contributed by atoms with Gasteiger partial charge in [0.15, 0.2) is 5.82 Å². The second-order valence-corrected chi connectivity index (χ2v) is 7.83. The lowest BCUT2D eigenvalue weighted by atomic mass is 10.1. The number of anilines is 3. The molecule has 0 saturated carbocycles. The summed E-state index contributed by atoms with van der Waals surface area (Å²) in [7, 11) is -2.07. The number of primary amides is 1. The summed E-state index contributed by atoms with van der Waals surface area (Å²) in [5.74, 6) is 0.0438. The summed E-state index contributed by atoms with van der Waals surface area (Å²) in [5, 5.41) is 9.75. The second-order valence-electron chi connectivity index (χ2n) is 5.82. The molecule has 12 heteroatoms. The standard InChI is InChI=1S/C17H19N7O4S/c1-3-29(26,27)24-11-5-4-10(8-12(11)28-2)15-14(16(18)25)17(23-22-15)21-13-9-19-6-7-20-13/h4-9,24H,3H2,1-2H3,(H2,18,25)(H2,20,21,22,23). The maximum absolute atomic E-state index is 12.1. The van der Waals surface area contributed by atoms with Crippen molar-refractivity contribution in [3.05, 3.63) is 42.4 Å². The zero-order chi connectivity index (χ0) is 21.0. The van der Waals surface area contributed by atoms with Crippen molar-refractivity contribution in [2.24, 2.45) is 5.73 Å². The second kappa shape index (κ2) is 8.14. The number of hydrogen-bond donors (Lipinski definition) is 4. The largest absolute Gasteiger partial charge is 0.495 e. The number of H-pyrrole nitrogens is 1. The van der Waals surface area contributed by atoms with Crippen LogP contribution in [0, 0.1) is 0 Å². The Morgan fingerprint density at radius 1 is 1.31 bits per heavy atom. The van der Waals surface area contributed by atoms with Crippen molar-refractivity contribution < 1.29 is 17.9 Å². The van der Waals surface area contributed by atoms with E-state index in [9.17, 15) is 13.2 Å². The lowest BCUT2D eigenvalue weighted by Crippen LogP contribution is -2.15. The van der Waals surface area contributed by atoms with E-state index in [2.05, 4.69) is 30.2 Å². The Bertz CT molecular complexity index is 1130. The minimum absolute atomic E-state index is 0.0817. The fraction of sp³-hybridized carbons (Fsp3) is 0.176. The molecule has 0 unspecified atom stereocenters. The molecule has 2 heterocycles. The number of sulfonamides is 1. The molecule has 3 aromatic rings. The molecular formula is C17H19N7O4S. The van der Waals surface area contributed by atoms with Crippen LogP contribution in [0.3, 0.4) is 0 Å². The molecular weight excluding hydrogens is 398 g/mol. The predicted octanol–water partition coefficient (Wildman–Crippen LogP) is 1.48. The van der Waals surface area contributed by atoms with Crippen LogP contribution in [0.25, 0.3) is 11.3 Å². The lowest BCUT2D eigenvalue weighted by molar-refractivity contribution is 0.100. The van der Waals surface area contributed by atoms with Crippen LogP contribution in [-0.2, 0) is 10.0 Å². The van der Waals surface area contributed by atoms with Crippen LogP contribution in [0.4, 0.5) is 17.3 Å². The number of nitrogens with one attached hydrogen (secondary N) is 3. The third-order valence-corrected chi connectivity index (χ3v) is 5.25. The van der Waals surface area contributed by atoms with Gasteiger partial charge in [-0.2, -0.15) is 5.10 Å². The first kappa shape index (κ1) is 20.1. The zero-order valence-electron chi connectivity index (χ0n) is 15.6. The van der Waals surface area contributed by atoms with Crippen molar-refractivity contribution in [3.8, 4) is 17.0 Å². The monoisotopic (exact) mass is 417 g/mol. The van der Waals surface area contributed by atoms with Gasteiger partial charge >= 0.3 is 0 Å². The highest BCUT2D eigenvalue weighted by Gasteiger charge is 2.21. The van der Waals surface area contributed by atoms with Crippen molar-refractivity contribution in [1.29, 1.82) is 0 Å². The molecule has 0 aliphatic heterocycles. The van der Waals surface area contributed by atoms with Crippen molar-refractivity contribution in [1.82, 2.24) is 20.2 Å². The van der Waals surface area contributed by atoms with Crippen LogP contribution >= 0.6 is 0 Å². The number of amides is 1. The Labute approximate surface area is 166 Å². The van der Waals surface area contributed by atoms with Crippen LogP contribution in [0.5, 0.6) is 5.75 Å². The van der Waals surface area contributed by atoms with Gasteiger partial charge in [0.2, 0.25) is 10.0 Å². The van der Waals surface area contributed by atoms with E-state index in [-0.39, 0.29) is 28.6 Å². The third kappa shape index (κ3) is 4.43. The molecule has 1 amide bonds. The van der Waals surface area contributed by atoms with E-state index in [0.717, 1.165) is 0 Å². The molecule has 2 aromatic heterocycles. The maximum atomic E-state index is 12.1. The van der Waals surface area contributed by atoms with E-state index >= 15 is 0 Å². The number of rotatable bonds is 8. The number of benzene rings is 1. The van der Waals surface area contributed by atoms with Crippen molar-refractivity contribution in [3.63, 3.8) is 0 Å². The highest BCUT2D eigenvalue weighted by atomic mass is 32.2. The molecule has 0 fully saturated rings. The maximum Gasteiger partial charge on any atom is 0.254 e. The zero-order valence-corrected chi connectivity index (χ0v) is 16.4. The van der Waals surface area contributed by atoms with Gasteiger partial charge in [-0.1, -0.05) is 6.07 Å². The fourth-order valence-corrected chi connectivity index (χ4v) is 3.18. The molecule has 152 valence electrons. The Hall–Kier alpha value is -3.67. The summed E-state index contributed by atoms with van der Waals surface area (Å²) >= 11 is 0. The normalized spacial score (nSPS) is 11.1. The number of aromatic amines is 1. The van der Waals surface area contributed by atoms with Gasteiger partial charge in [0.25, 0.3) is 5.91 Å². The molecule has 0 saturated heterocycles. The number of ether oxygens (including phenoxy) is 1. The smallest absolute Gasteiger partial charge is 0.254 e. The van der Waals surface area contributed by atoms with Crippen LogP contribution in [0.1, 0.15) is 17.3 Å². The third-order valence-electron chi connectivity index (χ3n) is 3.96. The first-order valence-electron chi connectivity index (χ1n) is 8.44. The van der Waals surface area contributed by atoms with Gasteiger partial charge in [0, 0.05) is 18.0 Å². The Kier molecular flexibility index (Phi) is 5.64. The molecule has 29 heavy (non-hydrogen) atoms. The topological polar surface area (TPSA) is 165 Å². The number of carbonyl (C=O) groups excluding carboxylic acids is 1. The number of nitrogens with zero attached hydrogens (tertiary/aromatic N) is 3. The summed E-state index contributed by atoms with van der Waals surface area (Å²) < 4.78 is 31.4. The minimum atomic E-state index is -3.48. The van der Waals surface area contributed by atoms with Gasteiger partial charge in [0.1, 0.15) is 17.1 Å². The van der Waals surface area contributed by atoms with Gasteiger partial charge in [0.05, 0.1) is 30.4 Å². The van der Waals surface area contributed by atoms with Crippen LogP contribution in [-0.4, -0.2) is 47.4 Å². The molecule has 0 aliphatic rings. The van der Waals surface area contributed by atoms with E-state index in [1.807, 2.05) is 0 Å². The van der Waals surface area contributed by atoms with Gasteiger partial charge in [-0.05, 0) is 19.1 Å². The SMILES string of the molecule is CCS(=O)(=O)Nc1ccc(-c2[nH]nc(Nc3cnccn3)c2C(N)=O)cc1OC. The van der Waals surface area contributed by atoms with Gasteiger partial charge in [-0.15, -0.1) is 0 Å². The highest BCUT2D eigenvalue weighted by molar-refractivity contribution is 7.92. The van der Waals surface area contributed by atoms with Crippen LogP contribution in [0.2, 0.25) is 0 Å². The quantitative estimate of drug-likeness (QED) is 0.428. The van der Waals surface area contributed by atoms with Crippen molar-refractivity contribution >= 4 is 33.3 Å². The summed E-state index contributed by atoms with van der Waals surface area (Å²) in [6.45, 7) is 1.53.